The first kappa shape index (κ1) is 15.4. The molecule has 1 aromatic carbocycles. The fourth-order valence-electron chi connectivity index (χ4n) is 1.63. The highest BCUT2D eigenvalue weighted by atomic mass is 127. The van der Waals surface area contributed by atoms with Crippen LogP contribution in [0.15, 0.2) is 22.7 Å². The van der Waals surface area contributed by atoms with Crippen LogP contribution in [0, 0.1) is 3.57 Å². The molecule has 0 aromatic heterocycles. The molecule has 0 radical (unpaired) electrons. The molecule has 0 heterocycles. The molecule has 1 N–H and O–H groups in total. The molecule has 4 heteroatoms. The van der Waals surface area contributed by atoms with Gasteiger partial charge in [-0.1, -0.05) is 29.8 Å². The monoisotopic (exact) mass is 411 g/mol. The molecule has 17 heavy (non-hydrogen) atoms. The molecule has 1 unspecified atom stereocenters. The summed E-state index contributed by atoms with van der Waals surface area (Å²) in [5.41, 5.74) is 1.30. The molecule has 0 aliphatic heterocycles. The molecule has 0 saturated carbocycles. The van der Waals surface area contributed by atoms with E-state index in [4.69, 9.17) is 4.74 Å². The number of hydrogen-bond donors (Lipinski definition) is 1. The lowest BCUT2D eigenvalue weighted by Gasteiger charge is -2.20. The van der Waals surface area contributed by atoms with Crippen LogP contribution in [0.3, 0.4) is 0 Å². The number of likely N-dealkylation sites (N-methyl/N-ethyl adjacent to an activating group) is 1. The molecule has 0 bridgehead atoms. The van der Waals surface area contributed by atoms with Gasteiger partial charge in [0.1, 0.15) is 0 Å². The minimum atomic E-state index is 0.274. The number of benzene rings is 1. The lowest BCUT2D eigenvalue weighted by atomic mass is 10.1. The predicted octanol–water partition coefficient (Wildman–Crippen LogP) is 4.13. The quantitative estimate of drug-likeness (QED) is 0.538. The molecule has 2 nitrogen and oxygen atoms in total. The summed E-state index contributed by atoms with van der Waals surface area (Å²) in [6.45, 7) is 6.76. The Morgan fingerprint density at radius 3 is 2.82 bits per heavy atom. The summed E-state index contributed by atoms with van der Waals surface area (Å²) in [4.78, 5) is 0. The Labute approximate surface area is 126 Å². The van der Waals surface area contributed by atoms with E-state index in [2.05, 4.69) is 75.9 Å². The van der Waals surface area contributed by atoms with Crippen LogP contribution in [-0.4, -0.2) is 19.8 Å². The Balaban J connectivity index is 2.77. The van der Waals surface area contributed by atoms with Crippen molar-refractivity contribution in [2.24, 2.45) is 0 Å². The summed E-state index contributed by atoms with van der Waals surface area (Å²) in [5.74, 6) is 0. The molecule has 0 aliphatic rings. The zero-order valence-electron chi connectivity index (χ0n) is 10.3. The van der Waals surface area contributed by atoms with Gasteiger partial charge in [-0.3, -0.25) is 0 Å². The van der Waals surface area contributed by atoms with Crippen molar-refractivity contribution in [3.63, 3.8) is 0 Å². The molecule has 0 aliphatic carbocycles. The Morgan fingerprint density at radius 1 is 1.41 bits per heavy atom. The van der Waals surface area contributed by atoms with E-state index in [1.54, 1.807) is 0 Å². The predicted molar refractivity (Wildman–Crippen MR) is 84.4 cm³/mol. The van der Waals surface area contributed by atoms with Crippen molar-refractivity contribution >= 4 is 38.5 Å². The summed E-state index contributed by atoms with van der Waals surface area (Å²) in [5, 5.41) is 3.48. The Hall–Kier alpha value is 0.350. The summed E-state index contributed by atoms with van der Waals surface area (Å²) in [6.07, 6.45) is 1.06. The second kappa shape index (κ2) is 8.45. The van der Waals surface area contributed by atoms with Gasteiger partial charge in [0.05, 0.1) is 12.6 Å². The first-order valence-corrected chi connectivity index (χ1v) is 7.82. The number of hydrogen-bond acceptors (Lipinski definition) is 2. The van der Waals surface area contributed by atoms with Crippen LogP contribution < -0.4 is 5.32 Å². The highest BCUT2D eigenvalue weighted by Crippen LogP contribution is 2.24. The van der Waals surface area contributed by atoms with E-state index in [9.17, 15) is 0 Å². The molecule has 0 fully saturated rings. The maximum absolute atomic E-state index is 5.67. The van der Waals surface area contributed by atoms with Gasteiger partial charge in [-0.05, 0) is 59.3 Å². The number of rotatable bonds is 7. The van der Waals surface area contributed by atoms with Crippen LogP contribution in [0.1, 0.15) is 31.9 Å². The molecule has 0 spiro atoms. The van der Waals surface area contributed by atoms with Crippen molar-refractivity contribution in [2.45, 2.75) is 26.3 Å². The van der Waals surface area contributed by atoms with Crippen molar-refractivity contribution in [1.82, 2.24) is 5.32 Å². The van der Waals surface area contributed by atoms with E-state index in [1.807, 2.05) is 0 Å². The van der Waals surface area contributed by atoms with Gasteiger partial charge in [-0.15, -0.1) is 0 Å². The number of ether oxygens (including phenoxy) is 1. The van der Waals surface area contributed by atoms with E-state index in [-0.39, 0.29) is 6.04 Å². The van der Waals surface area contributed by atoms with E-state index in [1.165, 1.54) is 9.13 Å². The Bertz CT molecular complexity index is 346. The lowest BCUT2D eigenvalue weighted by Crippen LogP contribution is -2.26. The van der Waals surface area contributed by atoms with Crippen LogP contribution >= 0.6 is 38.5 Å². The van der Waals surface area contributed by atoms with Crippen LogP contribution in [0.5, 0.6) is 0 Å². The van der Waals surface area contributed by atoms with Gasteiger partial charge in [0.15, 0.2) is 0 Å². The summed E-state index contributed by atoms with van der Waals surface area (Å²) in [6, 6.07) is 6.64. The fraction of sp³-hybridized carbons (Fsp3) is 0.538. The van der Waals surface area contributed by atoms with E-state index in [0.29, 0.717) is 0 Å². The largest absolute Gasteiger partial charge is 0.379 e. The molecule has 96 valence electrons. The summed E-state index contributed by atoms with van der Waals surface area (Å²) in [7, 11) is 0. The molecular weight excluding hydrogens is 393 g/mol. The van der Waals surface area contributed by atoms with Crippen molar-refractivity contribution in [3.05, 3.63) is 31.8 Å². The second-order valence-corrected chi connectivity index (χ2v) is 5.93. The zero-order chi connectivity index (χ0) is 12.7. The highest BCUT2D eigenvalue weighted by molar-refractivity contribution is 14.1. The van der Waals surface area contributed by atoms with Crippen LogP contribution in [0.4, 0.5) is 0 Å². The van der Waals surface area contributed by atoms with Crippen LogP contribution in [-0.2, 0) is 4.74 Å². The average Bonchev–Trinajstić information content (AvgIpc) is 2.32. The van der Waals surface area contributed by atoms with Gasteiger partial charge < -0.3 is 10.1 Å². The number of halogens is 2. The second-order valence-electron chi connectivity index (χ2n) is 3.85. The maximum Gasteiger partial charge on any atom is 0.0661 e. The van der Waals surface area contributed by atoms with Crippen molar-refractivity contribution in [1.29, 1.82) is 0 Å². The maximum atomic E-state index is 5.67. The van der Waals surface area contributed by atoms with E-state index >= 15 is 0 Å². The third-order valence-electron chi connectivity index (χ3n) is 2.42. The van der Waals surface area contributed by atoms with Crippen LogP contribution in [0.2, 0.25) is 0 Å². The van der Waals surface area contributed by atoms with Gasteiger partial charge >= 0.3 is 0 Å². The average molecular weight is 412 g/mol. The standard InChI is InChI=1S/C13H19BrINO/c1-3-7-17-9-13(16-4-2)11-8-10(14)5-6-12(11)15/h5-6,8,13,16H,3-4,7,9H2,1-2H3. The van der Waals surface area contributed by atoms with Crippen molar-refractivity contribution in [2.75, 3.05) is 19.8 Å². The molecule has 1 aromatic rings. The first-order chi connectivity index (χ1) is 8.19. The number of nitrogens with one attached hydrogen (secondary N) is 1. The third-order valence-corrected chi connectivity index (χ3v) is 3.89. The topological polar surface area (TPSA) is 21.3 Å². The van der Waals surface area contributed by atoms with E-state index < -0.39 is 0 Å². The van der Waals surface area contributed by atoms with Crippen molar-refractivity contribution < 1.29 is 4.74 Å². The lowest BCUT2D eigenvalue weighted by molar-refractivity contribution is 0.112. The molecule has 0 amide bonds. The minimum Gasteiger partial charge on any atom is -0.379 e. The van der Waals surface area contributed by atoms with Gasteiger partial charge in [-0.25, -0.2) is 0 Å². The van der Waals surface area contributed by atoms with E-state index in [0.717, 1.165) is 30.7 Å². The molecular formula is C13H19BrINO. The molecule has 0 saturated heterocycles. The van der Waals surface area contributed by atoms with Gasteiger partial charge in [0.2, 0.25) is 0 Å². The smallest absolute Gasteiger partial charge is 0.0661 e. The first-order valence-electron chi connectivity index (χ1n) is 5.95. The highest BCUT2D eigenvalue weighted by Gasteiger charge is 2.13. The Kier molecular flexibility index (Phi) is 7.66. The van der Waals surface area contributed by atoms with Crippen molar-refractivity contribution in [3.8, 4) is 0 Å². The molecule has 1 rings (SSSR count). The summed E-state index contributed by atoms with van der Waals surface area (Å²) < 4.78 is 8.06. The van der Waals surface area contributed by atoms with Gasteiger partial charge in [-0.2, -0.15) is 0 Å². The van der Waals surface area contributed by atoms with Crippen LogP contribution in [0.25, 0.3) is 0 Å². The van der Waals surface area contributed by atoms with Gasteiger partial charge in [0, 0.05) is 14.6 Å². The minimum absolute atomic E-state index is 0.274. The zero-order valence-corrected chi connectivity index (χ0v) is 14.0. The normalized spacial score (nSPS) is 12.7. The summed E-state index contributed by atoms with van der Waals surface area (Å²) >= 11 is 5.90. The fourth-order valence-corrected chi connectivity index (χ4v) is 2.72. The molecule has 1 atom stereocenters. The third kappa shape index (κ3) is 5.24. The van der Waals surface area contributed by atoms with Gasteiger partial charge in [0.25, 0.3) is 0 Å². The Morgan fingerprint density at radius 2 is 2.18 bits per heavy atom. The SMILES string of the molecule is CCCOCC(NCC)c1cc(Br)ccc1I.